The number of benzene rings is 2. The number of hydrogen-bond acceptors (Lipinski definition) is 7. The van der Waals surface area contributed by atoms with Crippen molar-refractivity contribution in [3.05, 3.63) is 67.4 Å². The van der Waals surface area contributed by atoms with Crippen LogP contribution in [0.3, 0.4) is 0 Å². The third-order valence-corrected chi connectivity index (χ3v) is 5.31. The molecule has 4 rings (SSSR count). The Morgan fingerprint density at radius 2 is 2.00 bits per heavy atom. The first kappa shape index (κ1) is 22.9. The van der Waals surface area contributed by atoms with E-state index in [0.29, 0.717) is 29.6 Å². The van der Waals surface area contributed by atoms with Crippen molar-refractivity contribution in [3.63, 3.8) is 0 Å². The molecule has 2 aromatic heterocycles. The van der Waals surface area contributed by atoms with E-state index < -0.39 is 0 Å². The lowest BCUT2D eigenvalue weighted by Gasteiger charge is -2.23. The van der Waals surface area contributed by atoms with Crippen LogP contribution in [0.5, 0.6) is 0 Å². The van der Waals surface area contributed by atoms with Gasteiger partial charge in [0.2, 0.25) is 11.9 Å². The summed E-state index contributed by atoms with van der Waals surface area (Å²) in [7, 11) is 1.70. The molecule has 174 valence electrons. The van der Waals surface area contributed by atoms with Crippen molar-refractivity contribution in [2.45, 2.75) is 6.92 Å². The minimum Gasteiger partial charge on any atom is -0.383 e. The number of likely N-dealkylation sites (N-methyl/N-ethyl adjacent to an activating group) is 1. The number of anilines is 4. The topological polar surface area (TPSA) is 108 Å². The van der Waals surface area contributed by atoms with Crippen LogP contribution < -0.4 is 15.5 Å². The first-order valence-electron chi connectivity index (χ1n) is 11.0. The van der Waals surface area contributed by atoms with Gasteiger partial charge in [-0.15, -0.1) is 0 Å². The Kier molecular flexibility index (Phi) is 7.14. The van der Waals surface area contributed by atoms with E-state index >= 15 is 0 Å². The number of H-pyrrole nitrogens is 1. The summed E-state index contributed by atoms with van der Waals surface area (Å²) >= 11 is 0. The second kappa shape index (κ2) is 10.6. The molecule has 0 bridgehead atoms. The fourth-order valence-electron chi connectivity index (χ4n) is 3.63. The molecule has 0 saturated carbocycles. The highest BCUT2D eigenvalue weighted by Crippen LogP contribution is 2.29. The summed E-state index contributed by atoms with van der Waals surface area (Å²) in [5, 5.41) is 13.9. The van der Waals surface area contributed by atoms with Crippen LogP contribution in [-0.2, 0) is 9.53 Å². The smallest absolute Gasteiger partial charge is 0.247 e. The van der Waals surface area contributed by atoms with E-state index in [2.05, 4.69) is 56.4 Å². The van der Waals surface area contributed by atoms with Crippen LogP contribution in [0.25, 0.3) is 22.3 Å². The molecule has 0 radical (unpaired) electrons. The van der Waals surface area contributed by atoms with Gasteiger partial charge < -0.3 is 20.3 Å². The predicted octanol–water partition coefficient (Wildman–Crippen LogP) is 4.36. The molecular formula is C25H27N7O2. The number of hydrogen-bond donors (Lipinski definition) is 3. The number of aromatic nitrogens is 4. The van der Waals surface area contributed by atoms with E-state index in [4.69, 9.17) is 9.72 Å². The van der Waals surface area contributed by atoms with Crippen LogP contribution in [0, 0.1) is 0 Å². The number of ether oxygens (including phenoxy) is 1. The number of methoxy groups -OCH3 is 1. The van der Waals surface area contributed by atoms with Gasteiger partial charge >= 0.3 is 0 Å². The van der Waals surface area contributed by atoms with Gasteiger partial charge in [-0.2, -0.15) is 10.1 Å². The maximum Gasteiger partial charge on any atom is 0.247 e. The minimum absolute atomic E-state index is 0.276. The van der Waals surface area contributed by atoms with Crippen molar-refractivity contribution in [1.82, 2.24) is 20.2 Å². The molecule has 0 aliphatic rings. The molecule has 0 saturated heterocycles. The summed E-state index contributed by atoms with van der Waals surface area (Å²) in [6, 6.07) is 15.5. The second-order valence-corrected chi connectivity index (χ2v) is 7.55. The summed E-state index contributed by atoms with van der Waals surface area (Å²) in [6.07, 6.45) is 2.93. The number of fused-ring (bicyclic) bond motifs is 1. The van der Waals surface area contributed by atoms with Gasteiger partial charge in [0.05, 0.1) is 23.9 Å². The van der Waals surface area contributed by atoms with Gasteiger partial charge in [0, 0.05) is 42.8 Å². The standard InChI is InChI=1S/C25H27N7O2/c1-4-22(33)27-18-9-6-8-17(14-18)23-21-16-26-31-24(21)30-25(29-23)28-19-10-7-11-20(15-19)32(5-2)12-13-34-3/h4,6-11,14-16H,1,5,12-13H2,2-3H3,(H,27,33)(H2,26,28,29,30,31). The minimum atomic E-state index is -0.276. The van der Waals surface area contributed by atoms with E-state index in [0.717, 1.165) is 35.4 Å². The van der Waals surface area contributed by atoms with Crippen molar-refractivity contribution >= 4 is 40.0 Å². The largest absolute Gasteiger partial charge is 0.383 e. The SMILES string of the molecule is C=CC(=O)Nc1cccc(-c2nc(Nc3cccc(N(CC)CCOC)c3)nc3[nH]ncc23)c1. The highest BCUT2D eigenvalue weighted by atomic mass is 16.5. The lowest BCUT2D eigenvalue weighted by atomic mass is 10.1. The van der Waals surface area contributed by atoms with Gasteiger partial charge in [-0.25, -0.2) is 4.98 Å². The molecule has 0 aliphatic carbocycles. The zero-order valence-corrected chi connectivity index (χ0v) is 19.2. The van der Waals surface area contributed by atoms with Crippen LogP contribution in [0.1, 0.15) is 6.92 Å². The normalized spacial score (nSPS) is 10.8. The van der Waals surface area contributed by atoms with Crippen LogP contribution in [0.4, 0.5) is 23.0 Å². The van der Waals surface area contributed by atoms with Gasteiger partial charge in [0.1, 0.15) is 0 Å². The molecule has 4 aromatic rings. The average Bonchev–Trinajstić information content (AvgIpc) is 3.33. The molecule has 0 unspecified atom stereocenters. The molecule has 0 spiro atoms. The first-order chi connectivity index (χ1) is 16.6. The molecule has 2 aromatic carbocycles. The zero-order valence-electron chi connectivity index (χ0n) is 19.2. The number of amides is 1. The highest BCUT2D eigenvalue weighted by Gasteiger charge is 2.13. The lowest BCUT2D eigenvalue weighted by Crippen LogP contribution is -2.26. The van der Waals surface area contributed by atoms with Crippen LogP contribution in [-0.4, -0.2) is 52.9 Å². The average molecular weight is 458 g/mol. The quantitative estimate of drug-likeness (QED) is 0.304. The van der Waals surface area contributed by atoms with Gasteiger partial charge in [-0.3, -0.25) is 9.89 Å². The number of carbonyl (C=O) groups excluding carboxylic acids is 1. The summed E-state index contributed by atoms with van der Waals surface area (Å²) in [5.74, 6) is 0.159. The first-order valence-corrected chi connectivity index (χ1v) is 11.0. The van der Waals surface area contributed by atoms with Crippen molar-refractivity contribution in [2.75, 3.05) is 42.3 Å². The van der Waals surface area contributed by atoms with E-state index in [1.807, 2.05) is 36.4 Å². The van der Waals surface area contributed by atoms with Gasteiger partial charge in [0.15, 0.2) is 5.65 Å². The molecule has 0 aliphatic heterocycles. The maximum absolute atomic E-state index is 11.7. The van der Waals surface area contributed by atoms with E-state index in [1.54, 1.807) is 13.3 Å². The Hall–Kier alpha value is -4.24. The molecular weight excluding hydrogens is 430 g/mol. The van der Waals surface area contributed by atoms with Crippen LogP contribution >= 0.6 is 0 Å². The monoisotopic (exact) mass is 457 g/mol. The number of nitrogens with one attached hydrogen (secondary N) is 3. The summed E-state index contributed by atoms with van der Waals surface area (Å²) in [6.45, 7) is 7.93. The van der Waals surface area contributed by atoms with Crippen molar-refractivity contribution in [1.29, 1.82) is 0 Å². The lowest BCUT2D eigenvalue weighted by molar-refractivity contribution is -0.111. The van der Waals surface area contributed by atoms with Gasteiger partial charge in [0.25, 0.3) is 0 Å². The predicted molar refractivity (Wildman–Crippen MR) is 135 cm³/mol. The fraction of sp³-hybridized carbons (Fsp3) is 0.200. The molecule has 9 nitrogen and oxygen atoms in total. The van der Waals surface area contributed by atoms with Crippen molar-refractivity contribution < 1.29 is 9.53 Å². The number of aromatic amines is 1. The second-order valence-electron chi connectivity index (χ2n) is 7.55. The molecule has 1 amide bonds. The van der Waals surface area contributed by atoms with Crippen LogP contribution in [0.15, 0.2) is 67.4 Å². The Balaban J connectivity index is 1.66. The number of carbonyl (C=O) groups is 1. The molecule has 3 N–H and O–H groups in total. The van der Waals surface area contributed by atoms with E-state index in [1.165, 1.54) is 6.08 Å². The molecule has 0 atom stereocenters. The highest BCUT2D eigenvalue weighted by molar-refractivity contribution is 5.99. The van der Waals surface area contributed by atoms with Crippen LogP contribution in [0.2, 0.25) is 0 Å². The Morgan fingerprint density at radius 1 is 1.18 bits per heavy atom. The Morgan fingerprint density at radius 3 is 2.79 bits per heavy atom. The summed E-state index contributed by atoms with van der Waals surface area (Å²) in [5.41, 5.74) is 4.73. The summed E-state index contributed by atoms with van der Waals surface area (Å²) < 4.78 is 5.23. The van der Waals surface area contributed by atoms with Crippen molar-refractivity contribution in [3.8, 4) is 11.3 Å². The zero-order chi connectivity index (χ0) is 23.9. The van der Waals surface area contributed by atoms with Crippen molar-refractivity contribution in [2.24, 2.45) is 0 Å². The molecule has 2 heterocycles. The third-order valence-electron chi connectivity index (χ3n) is 5.31. The molecule has 0 fully saturated rings. The van der Waals surface area contributed by atoms with E-state index in [-0.39, 0.29) is 5.91 Å². The maximum atomic E-state index is 11.7. The molecule has 9 heteroatoms. The van der Waals surface area contributed by atoms with E-state index in [9.17, 15) is 4.79 Å². The van der Waals surface area contributed by atoms with Gasteiger partial charge in [-0.05, 0) is 43.3 Å². The Bertz CT molecular complexity index is 1300. The fourth-order valence-corrected chi connectivity index (χ4v) is 3.63. The molecule has 34 heavy (non-hydrogen) atoms. The Labute approximate surface area is 197 Å². The van der Waals surface area contributed by atoms with Gasteiger partial charge in [-0.1, -0.05) is 24.8 Å². The number of rotatable bonds is 10. The third kappa shape index (κ3) is 5.21. The summed E-state index contributed by atoms with van der Waals surface area (Å²) in [4.78, 5) is 23.3. The number of nitrogens with zero attached hydrogens (tertiary/aromatic N) is 4.